The molecule has 1 atom stereocenters. The number of nitrogens with one attached hydrogen (secondary N) is 1. The molecule has 0 bridgehead atoms. The van der Waals surface area contributed by atoms with Crippen LogP contribution < -0.4 is 10.5 Å². The summed E-state index contributed by atoms with van der Waals surface area (Å²) in [6.45, 7) is 1.74. The summed E-state index contributed by atoms with van der Waals surface area (Å²) >= 11 is 0. The minimum absolute atomic E-state index is 0.139. The monoisotopic (exact) mass is 313 g/mol. The van der Waals surface area contributed by atoms with Crippen LogP contribution in [0.15, 0.2) is 29.4 Å². The summed E-state index contributed by atoms with van der Waals surface area (Å²) in [5.41, 5.74) is 5.91. The Bertz CT molecular complexity index is 744. The molecule has 9 heteroatoms. The largest absolute Gasteiger partial charge is 0.326 e. The molecule has 21 heavy (non-hydrogen) atoms. The molecule has 0 saturated carbocycles. The fourth-order valence-corrected chi connectivity index (χ4v) is 3.18. The fourth-order valence-electron chi connectivity index (χ4n) is 1.92. The summed E-state index contributed by atoms with van der Waals surface area (Å²) in [7, 11) is -2.31. The number of halogens is 1. The van der Waals surface area contributed by atoms with Gasteiger partial charge in [-0.05, 0) is 24.6 Å². The number of nitrogens with two attached hydrogens (primary N) is 1. The number of aryl methyl sites for hydroxylation is 1. The number of hydrogen-bond donors (Lipinski definition) is 2. The zero-order valence-corrected chi connectivity index (χ0v) is 12.4. The van der Waals surface area contributed by atoms with E-state index in [2.05, 4.69) is 14.9 Å². The highest BCUT2D eigenvalue weighted by Crippen LogP contribution is 2.19. The van der Waals surface area contributed by atoms with Gasteiger partial charge in [0.2, 0.25) is 10.0 Å². The minimum Gasteiger partial charge on any atom is -0.326 e. The molecule has 1 aromatic carbocycles. The summed E-state index contributed by atoms with van der Waals surface area (Å²) < 4.78 is 42.3. The first-order valence-corrected chi connectivity index (χ1v) is 7.68. The normalized spacial score (nSPS) is 13.3. The van der Waals surface area contributed by atoms with Crippen LogP contribution in [0, 0.1) is 5.82 Å². The van der Waals surface area contributed by atoms with E-state index in [1.165, 1.54) is 18.5 Å². The van der Waals surface area contributed by atoms with Crippen LogP contribution >= 0.6 is 0 Å². The van der Waals surface area contributed by atoms with E-state index in [1.54, 1.807) is 18.5 Å². The van der Waals surface area contributed by atoms with Crippen LogP contribution in [0.5, 0.6) is 0 Å². The van der Waals surface area contributed by atoms with E-state index in [0.29, 0.717) is 11.4 Å². The van der Waals surface area contributed by atoms with Gasteiger partial charge in [-0.15, -0.1) is 10.2 Å². The summed E-state index contributed by atoms with van der Waals surface area (Å²) in [5.74, 6) is -0.409. The lowest BCUT2D eigenvalue weighted by atomic mass is 10.2. The Morgan fingerprint density at radius 1 is 1.48 bits per heavy atom. The summed E-state index contributed by atoms with van der Waals surface area (Å²) in [6, 6.07) is 3.14. The zero-order valence-electron chi connectivity index (χ0n) is 11.6. The van der Waals surface area contributed by atoms with Crippen molar-refractivity contribution in [2.75, 3.05) is 0 Å². The van der Waals surface area contributed by atoms with Crippen molar-refractivity contribution in [3.8, 4) is 0 Å². The highest BCUT2D eigenvalue weighted by Gasteiger charge is 2.24. The molecule has 7 nitrogen and oxygen atoms in total. The van der Waals surface area contributed by atoms with Gasteiger partial charge in [-0.25, -0.2) is 17.5 Å². The molecule has 0 fully saturated rings. The van der Waals surface area contributed by atoms with Gasteiger partial charge in [0.1, 0.15) is 22.9 Å². The van der Waals surface area contributed by atoms with Gasteiger partial charge in [0.05, 0.1) is 6.04 Å². The maximum atomic E-state index is 13.9. The average molecular weight is 313 g/mol. The van der Waals surface area contributed by atoms with Crippen molar-refractivity contribution in [3.63, 3.8) is 0 Å². The third-order valence-corrected chi connectivity index (χ3v) is 4.56. The second-order valence-corrected chi connectivity index (χ2v) is 6.29. The van der Waals surface area contributed by atoms with Crippen LogP contribution in [0.3, 0.4) is 0 Å². The van der Waals surface area contributed by atoms with E-state index < -0.39 is 26.8 Å². The first-order chi connectivity index (χ1) is 9.85. The average Bonchev–Trinajstić information content (AvgIpc) is 2.84. The van der Waals surface area contributed by atoms with Crippen molar-refractivity contribution in [2.45, 2.75) is 24.4 Å². The summed E-state index contributed by atoms with van der Waals surface area (Å²) in [4.78, 5) is -0.422. The molecule has 1 unspecified atom stereocenters. The van der Waals surface area contributed by atoms with Crippen LogP contribution in [0.4, 0.5) is 4.39 Å². The molecule has 0 saturated heterocycles. The number of rotatable bonds is 5. The van der Waals surface area contributed by atoms with Crippen LogP contribution in [0.25, 0.3) is 0 Å². The SMILES string of the molecule is CC(NS(=O)(=O)c1ccc(CN)cc1F)c1nncn1C. The lowest BCUT2D eigenvalue weighted by molar-refractivity contribution is 0.537. The summed E-state index contributed by atoms with van der Waals surface area (Å²) in [5, 5.41) is 7.50. The van der Waals surface area contributed by atoms with Gasteiger partial charge in [0.25, 0.3) is 0 Å². The first kappa shape index (κ1) is 15.5. The van der Waals surface area contributed by atoms with E-state index in [1.807, 2.05) is 0 Å². The molecular formula is C12H16FN5O2S. The Kier molecular flexibility index (Phi) is 4.35. The lowest BCUT2D eigenvalue weighted by Gasteiger charge is -2.14. The fraction of sp³-hybridized carbons (Fsp3) is 0.333. The van der Waals surface area contributed by atoms with E-state index in [0.717, 1.165) is 6.07 Å². The van der Waals surface area contributed by atoms with E-state index in [4.69, 9.17) is 5.73 Å². The van der Waals surface area contributed by atoms with Crippen molar-refractivity contribution in [1.82, 2.24) is 19.5 Å². The van der Waals surface area contributed by atoms with Crippen LogP contribution in [-0.4, -0.2) is 23.2 Å². The van der Waals surface area contributed by atoms with E-state index >= 15 is 0 Å². The molecule has 0 aliphatic carbocycles. The Balaban J connectivity index is 2.28. The van der Waals surface area contributed by atoms with Crippen molar-refractivity contribution in [1.29, 1.82) is 0 Å². The van der Waals surface area contributed by atoms with Gasteiger partial charge >= 0.3 is 0 Å². The molecule has 0 aliphatic rings. The number of aromatic nitrogens is 3. The molecule has 0 aliphatic heterocycles. The first-order valence-electron chi connectivity index (χ1n) is 6.20. The Morgan fingerprint density at radius 3 is 2.71 bits per heavy atom. The van der Waals surface area contributed by atoms with Gasteiger partial charge < -0.3 is 10.3 Å². The van der Waals surface area contributed by atoms with Gasteiger partial charge in [-0.3, -0.25) is 0 Å². The molecule has 0 radical (unpaired) electrons. The number of hydrogen-bond acceptors (Lipinski definition) is 5. The Morgan fingerprint density at radius 2 is 2.19 bits per heavy atom. The summed E-state index contributed by atoms with van der Waals surface area (Å²) in [6.07, 6.45) is 1.46. The van der Waals surface area contributed by atoms with Crippen LogP contribution in [0.1, 0.15) is 24.4 Å². The smallest absolute Gasteiger partial charge is 0.244 e. The van der Waals surface area contributed by atoms with Gasteiger partial charge in [-0.2, -0.15) is 0 Å². The minimum atomic E-state index is -4.00. The van der Waals surface area contributed by atoms with Crippen molar-refractivity contribution in [3.05, 3.63) is 41.7 Å². The number of nitrogens with zero attached hydrogens (tertiary/aromatic N) is 3. The maximum Gasteiger partial charge on any atom is 0.244 e. The van der Waals surface area contributed by atoms with Crippen LogP contribution in [0.2, 0.25) is 0 Å². The van der Waals surface area contributed by atoms with Crippen molar-refractivity contribution in [2.24, 2.45) is 12.8 Å². The quantitative estimate of drug-likeness (QED) is 0.834. The topological polar surface area (TPSA) is 103 Å². The molecular weight excluding hydrogens is 297 g/mol. The Labute approximate surface area is 122 Å². The second-order valence-electron chi connectivity index (χ2n) is 4.61. The molecule has 2 aromatic rings. The molecule has 3 N–H and O–H groups in total. The molecule has 0 amide bonds. The third kappa shape index (κ3) is 3.26. The van der Waals surface area contributed by atoms with Crippen molar-refractivity contribution < 1.29 is 12.8 Å². The molecule has 0 spiro atoms. The van der Waals surface area contributed by atoms with E-state index in [9.17, 15) is 12.8 Å². The highest BCUT2D eigenvalue weighted by atomic mass is 32.2. The number of benzene rings is 1. The highest BCUT2D eigenvalue weighted by molar-refractivity contribution is 7.89. The molecule has 1 heterocycles. The third-order valence-electron chi connectivity index (χ3n) is 2.99. The predicted molar refractivity (Wildman–Crippen MR) is 74.0 cm³/mol. The second kappa shape index (κ2) is 5.88. The zero-order chi connectivity index (χ0) is 15.6. The molecule has 1 aromatic heterocycles. The molecule has 2 rings (SSSR count). The van der Waals surface area contributed by atoms with E-state index in [-0.39, 0.29) is 6.54 Å². The predicted octanol–water partition coefficient (Wildman–Crippen LogP) is 0.452. The maximum absolute atomic E-state index is 13.9. The number of sulfonamides is 1. The lowest BCUT2D eigenvalue weighted by Crippen LogP contribution is -2.29. The molecule has 114 valence electrons. The van der Waals surface area contributed by atoms with Gasteiger partial charge in [-0.1, -0.05) is 6.07 Å². The standard InChI is InChI=1S/C12H16FN5O2S/c1-8(12-16-15-7-18(12)2)17-21(19,20)11-4-3-9(6-14)5-10(11)13/h3-5,7-8,17H,6,14H2,1-2H3. The van der Waals surface area contributed by atoms with Crippen LogP contribution in [-0.2, 0) is 23.6 Å². The Hall–Kier alpha value is -1.84. The van der Waals surface area contributed by atoms with Gasteiger partial charge in [0.15, 0.2) is 0 Å². The van der Waals surface area contributed by atoms with Gasteiger partial charge in [0, 0.05) is 13.6 Å². The van der Waals surface area contributed by atoms with Crippen molar-refractivity contribution >= 4 is 10.0 Å².